The highest BCUT2D eigenvalue weighted by molar-refractivity contribution is 7.99. The highest BCUT2D eigenvalue weighted by Gasteiger charge is 2.14. The number of oxazole rings is 1. The summed E-state index contributed by atoms with van der Waals surface area (Å²) in [6, 6.07) is 27.0. The second-order valence-corrected chi connectivity index (χ2v) is 6.70. The number of benzene rings is 3. The van der Waals surface area contributed by atoms with Gasteiger partial charge in [0.2, 0.25) is 5.91 Å². The minimum atomic E-state index is -0.144. The van der Waals surface area contributed by atoms with Crippen LogP contribution >= 0.6 is 11.8 Å². The summed E-state index contributed by atoms with van der Waals surface area (Å²) in [5, 5.41) is 2.26. The van der Waals surface area contributed by atoms with Gasteiger partial charge in [0.25, 0.3) is 5.22 Å². The molecule has 0 fully saturated rings. The van der Waals surface area contributed by atoms with E-state index >= 15 is 0 Å². The van der Waals surface area contributed by atoms with E-state index in [9.17, 15) is 4.79 Å². The molecule has 6 heteroatoms. The quantitative estimate of drug-likeness (QED) is 0.388. The average molecular weight is 375 g/mol. The first-order valence-electron chi connectivity index (χ1n) is 8.48. The predicted molar refractivity (Wildman–Crippen MR) is 108 cm³/mol. The maximum atomic E-state index is 12.5. The summed E-state index contributed by atoms with van der Waals surface area (Å²) in [7, 11) is 0. The highest BCUT2D eigenvalue weighted by Crippen LogP contribution is 2.25. The van der Waals surface area contributed by atoms with E-state index in [-0.39, 0.29) is 11.7 Å². The van der Waals surface area contributed by atoms with E-state index in [4.69, 9.17) is 4.42 Å². The maximum Gasteiger partial charge on any atom is 0.257 e. The van der Waals surface area contributed by atoms with Crippen molar-refractivity contribution in [1.82, 2.24) is 10.4 Å². The lowest BCUT2D eigenvalue weighted by Gasteiger charge is -2.25. The lowest BCUT2D eigenvalue weighted by Crippen LogP contribution is -2.39. The standard InChI is InChI=1S/C21H17N3O2S/c25-20(15-27-21-22-18-13-7-8-14-19(18)26-21)23-24(16-9-3-1-4-10-16)17-11-5-2-6-12-17/h1-14H,15H2,(H,23,25). The SMILES string of the molecule is O=C(CSc1nc2ccccc2o1)NN(c1ccccc1)c1ccccc1. The predicted octanol–water partition coefficient (Wildman–Crippen LogP) is 4.79. The molecule has 4 aromatic rings. The van der Waals surface area contributed by atoms with Crippen LogP contribution in [0.3, 0.4) is 0 Å². The summed E-state index contributed by atoms with van der Waals surface area (Å²) >= 11 is 1.27. The van der Waals surface area contributed by atoms with Crippen molar-refractivity contribution in [2.75, 3.05) is 10.8 Å². The van der Waals surface area contributed by atoms with Crippen LogP contribution in [0.2, 0.25) is 0 Å². The molecule has 134 valence electrons. The zero-order valence-electron chi connectivity index (χ0n) is 14.4. The minimum absolute atomic E-state index is 0.144. The van der Waals surface area contributed by atoms with Gasteiger partial charge in [-0.3, -0.25) is 15.2 Å². The van der Waals surface area contributed by atoms with Gasteiger partial charge in [0.1, 0.15) is 5.52 Å². The number of amides is 1. The van der Waals surface area contributed by atoms with E-state index in [1.165, 1.54) is 11.8 Å². The molecular weight excluding hydrogens is 358 g/mol. The van der Waals surface area contributed by atoms with Crippen LogP contribution in [0.4, 0.5) is 11.4 Å². The molecule has 27 heavy (non-hydrogen) atoms. The monoisotopic (exact) mass is 375 g/mol. The molecule has 0 atom stereocenters. The van der Waals surface area contributed by atoms with Gasteiger partial charge >= 0.3 is 0 Å². The number of hydrogen-bond acceptors (Lipinski definition) is 5. The Labute approximate surface area is 161 Å². The van der Waals surface area contributed by atoms with Crippen LogP contribution < -0.4 is 10.4 Å². The van der Waals surface area contributed by atoms with Gasteiger partial charge in [-0.2, -0.15) is 0 Å². The van der Waals surface area contributed by atoms with Crippen LogP contribution in [0.15, 0.2) is 94.6 Å². The number of thioether (sulfide) groups is 1. The largest absolute Gasteiger partial charge is 0.431 e. The van der Waals surface area contributed by atoms with Gasteiger partial charge in [-0.1, -0.05) is 60.3 Å². The molecule has 4 rings (SSSR count). The van der Waals surface area contributed by atoms with Gasteiger partial charge in [-0.05, 0) is 36.4 Å². The molecule has 0 radical (unpaired) electrons. The van der Waals surface area contributed by atoms with Crippen molar-refractivity contribution in [1.29, 1.82) is 0 Å². The summed E-state index contributed by atoms with van der Waals surface area (Å²) in [4.78, 5) is 16.9. The molecule has 5 nitrogen and oxygen atoms in total. The lowest BCUT2D eigenvalue weighted by atomic mass is 10.2. The number of carbonyl (C=O) groups excluding carboxylic acids is 1. The Kier molecular flexibility index (Phi) is 5.07. The van der Waals surface area contributed by atoms with Crippen molar-refractivity contribution in [3.8, 4) is 0 Å². The van der Waals surface area contributed by atoms with Gasteiger partial charge in [0.15, 0.2) is 5.58 Å². The molecule has 0 saturated carbocycles. The summed E-state index contributed by atoms with van der Waals surface area (Å²) in [6.45, 7) is 0. The molecule has 0 saturated heterocycles. The molecule has 0 bridgehead atoms. The summed E-state index contributed by atoms with van der Waals surface area (Å²) in [5.74, 6) is 0.0539. The van der Waals surface area contributed by atoms with Crippen molar-refractivity contribution in [3.05, 3.63) is 84.9 Å². The smallest absolute Gasteiger partial charge is 0.257 e. The average Bonchev–Trinajstić information content (AvgIpc) is 3.15. The number of nitrogens with one attached hydrogen (secondary N) is 1. The molecular formula is C21H17N3O2S. The normalized spacial score (nSPS) is 10.7. The van der Waals surface area contributed by atoms with E-state index in [2.05, 4.69) is 10.4 Å². The van der Waals surface area contributed by atoms with Crippen LogP contribution in [0, 0.1) is 0 Å². The Morgan fingerprint density at radius 1 is 0.889 bits per heavy atom. The number of nitrogens with zero attached hydrogens (tertiary/aromatic N) is 2. The molecule has 0 aliphatic heterocycles. The zero-order chi connectivity index (χ0) is 18.5. The number of hydrogen-bond donors (Lipinski definition) is 1. The number of aromatic nitrogens is 1. The van der Waals surface area contributed by atoms with E-state index in [1.807, 2.05) is 84.9 Å². The Hall–Kier alpha value is -3.25. The number of rotatable bonds is 6. The maximum absolute atomic E-state index is 12.5. The molecule has 0 spiro atoms. The Morgan fingerprint density at radius 2 is 1.48 bits per heavy atom. The fraction of sp³-hybridized carbons (Fsp3) is 0.0476. The van der Waals surface area contributed by atoms with Gasteiger partial charge in [0.05, 0.1) is 17.1 Å². The first-order chi connectivity index (χ1) is 13.3. The Balaban J connectivity index is 1.47. The van der Waals surface area contributed by atoms with E-state index < -0.39 is 0 Å². The number of hydrazine groups is 1. The molecule has 1 amide bonds. The van der Waals surface area contributed by atoms with Gasteiger partial charge < -0.3 is 4.42 Å². The lowest BCUT2D eigenvalue weighted by molar-refractivity contribution is -0.118. The summed E-state index contributed by atoms with van der Waals surface area (Å²) in [5.41, 5.74) is 6.22. The van der Waals surface area contributed by atoms with Crippen molar-refractivity contribution < 1.29 is 9.21 Å². The van der Waals surface area contributed by atoms with Crippen LogP contribution in [0.5, 0.6) is 0 Å². The van der Waals surface area contributed by atoms with Gasteiger partial charge in [-0.15, -0.1) is 0 Å². The van der Waals surface area contributed by atoms with Crippen molar-refractivity contribution in [2.24, 2.45) is 0 Å². The van der Waals surface area contributed by atoms with Crippen LogP contribution in [-0.4, -0.2) is 16.6 Å². The molecule has 1 heterocycles. The van der Waals surface area contributed by atoms with E-state index in [0.29, 0.717) is 5.22 Å². The fourth-order valence-electron chi connectivity index (χ4n) is 2.63. The second-order valence-electron chi connectivity index (χ2n) is 5.78. The number of anilines is 2. The second kappa shape index (κ2) is 7.97. The highest BCUT2D eigenvalue weighted by atomic mass is 32.2. The number of para-hydroxylation sites is 4. The number of carbonyl (C=O) groups is 1. The van der Waals surface area contributed by atoms with Gasteiger partial charge in [0, 0.05) is 0 Å². The first-order valence-corrected chi connectivity index (χ1v) is 9.46. The van der Waals surface area contributed by atoms with Crippen LogP contribution in [0.25, 0.3) is 11.1 Å². The van der Waals surface area contributed by atoms with Crippen LogP contribution in [0.1, 0.15) is 0 Å². The molecule has 1 aromatic heterocycles. The third-order valence-corrected chi connectivity index (χ3v) is 4.69. The molecule has 0 aliphatic carbocycles. The Morgan fingerprint density at radius 3 is 2.11 bits per heavy atom. The van der Waals surface area contributed by atoms with Gasteiger partial charge in [-0.25, -0.2) is 4.98 Å². The number of fused-ring (bicyclic) bond motifs is 1. The van der Waals surface area contributed by atoms with Crippen LogP contribution in [-0.2, 0) is 4.79 Å². The van der Waals surface area contributed by atoms with Crippen molar-refractivity contribution >= 4 is 40.1 Å². The Bertz CT molecular complexity index is 962. The summed E-state index contributed by atoms with van der Waals surface area (Å²) < 4.78 is 5.65. The molecule has 1 N–H and O–H groups in total. The molecule has 0 unspecified atom stereocenters. The van der Waals surface area contributed by atoms with Crippen molar-refractivity contribution in [3.63, 3.8) is 0 Å². The third-order valence-electron chi connectivity index (χ3n) is 3.87. The third kappa shape index (κ3) is 4.12. The molecule has 3 aromatic carbocycles. The zero-order valence-corrected chi connectivity index (χ0v) is 15.2. The van der Waals surface area contributed by atoms with E-state index in [0.717, 1.165) is 22.5 Å². The van der Waals surface area contributed by atoms with Crippen molar-refractivity contribution in [2.45, 2.75) is 5.22 Å². The molecule has 0 aliphatic rings. The summed E-state index contributed by atoms with van der Waals surface area (Å²) in [6.07, 6.45) is 0. The fourth-order valence-corrected chi connectivity index (χ4v) is 3.26. The topological polar surface area (TPSA) is 58.4 Å². The minimum Gasteiger partial charge on any atom is -0.431 e. The van der Waals surface area contributed by atoms with E-state index in [1.54, 1.807) is 5.01 Å². The first kappa shape index (κ1) is 17.2.